The van der Waals surface area contributed by atoms with E-state index in [1.807, 2.05) is 12.5 Å². The van der Waals surface area contributed by atoms with Crippen LogP contribution in [-0.4, -0.2) is 33.6 Å². The Bertz CT molecular complexity index is 292. The van der Waals surface area contributed by atoms with Gasteiger partial charge in [0, 0.05) is 31.0 Å². The quantitative estimate of drug-likeness (QED) is 0.757. The van der Waals surface area contributed by atoms with Crippen LogP contribution in [0, 0.1) is 5.92 Å². The Labute approximate surface area is 92.1 Å². The maximum atomic E-state index is 4.13. The minimum atomic E-state index is 0.625. The van der Waals surface area contributed by atoms with Gasteiger partial charge in [-0.25, -0.2) is 4.98 Å². The molecule has 1 aromatic heterocycles. The van der Waals surface area contributed by atoms with Crippen LogP contribution in [0.2, 0.25) is 0 Å². The Morgan fingerprint density at radius 3 is 2.73 bits per heavy atom. The summed E-state index contributed by atoms with van der Waals surface area (Å²) in [4.78, 5) is 6.72. The van der Waals surface area contributed by atoms with Gasteiger partial charge in [0.25, 0.3) is 0 Å². The molecule has 3 heteroatoms. The number of aromatic nitrogens is 2. The molecular formula is C12H21N3. The Hall–Kier alpha value is -0.830. The first kappa shape index (κ1) is 10.7. The summed E-state index contributed by atoms with van der Waals surface area (Å²) in [7, 11) is 0. The van der Waals surface area contributed by atoms with Crippen molar-refractivity contribution in [1.82, 2.24) is 14.5 Å². The summed E-state index contributed by atoms with van der Waals surface area (Å²) in [5, 5.41) is 0. The molecule has 0 N–H and O–H groups in total. The van der Waals surface area contributed by atoms with E-state index in [2.05, 4.69) is 41.4 Å². The van der Waals surface area contributed by atoms with Crippen LogP contribution in [0.15, 0.2) is 18.7 Å². The molecule has 0 saturated carbocycles. The predicted molar refractivity (Wildman–Crippen MR) is 61.8 cm³/mol. The molecule has 0 unspecified atom stereocenters. The van der Waals surface area contributed by atoms with Gasteiger partial charge in [0.05, 0.1) is 6.33 Å². The average Bonchev–Trinajstić information content (AvgIpc) is 2.86. The van der Waals surface area contributed by atoms with Crippen LogP contribution in [0.1, 0.15) is 33.2 Å². The third-order valence-electron chi connectivity index (χ3n) is 3.55. The van der Waals surface area contributed by atoms with Crippen molar-refractivity contribution in [3.8, 4) is 0 Å². The number of hydrogen-bond donors (Lipinski definition) is 0. The molecule has 0 bridgehead atoms. The minimum absolute atomic E-state index is 0.625. The molecule has 84 valence electrons. The first-order valence-corrected chi connectivity index (χ1v) is 5.93. The van der Waals surface area contributed by atoms with E-state index in [4.69, 9.17) is 0 Å². The number of nitrogens with zero attached hydrogens (tertiary/aromatic N) is 3. The van der Waals surface area contributed by atoms with Crippen LogP contribution in [0.3, 0.4) is 0 Å². The van der Waals surface area contributed by atoms with Crippen LogP contribution in [0.5, 0.6) is 0 Å². The molecule has 0 amide bonds. The van der Waals surface area contributed by atoms with Crippen molar-refractivity contribution in [2.45, 2.75) is 39.3 Å². The van der Waals surface area contributed by atoms with E-state index in [0.717, 1.165) is 18.5 Å². The highest BCUT2D eigenvalue weighted by atomic mass is 15.2. The molecule has 1 aliphatic heterocycles. The second-order valence-corrected chi connectivity index (χ2v) is 4.80. The lowest BCUT2D eigenvalue weighted by Crippen LogP contribution is -2.33. The zero-order valence-corrected chi connectivity index (χ0v) is 9.93. The summed E-state index contributed by atoms with van der Waals surface area (Å²) in [5.74, 6) is 0.749. The van der Waals surface area contributed by atoms with Gasteiger partial charge in [0.2, 0.25) is 0 Å². The van der Waals surface area contributed by atoms with Gasteiger partial charge in [-0.1, -0.05) is 20.8 Å². The summed E-state index contributed by atoms with van der Waals surface area (Å²) in [5.41, 5.74) is 0. The monoisotopic (exact) mass is 207 g/mol. The molecule has 3 nitrogen and oxygen atoms in total. The summed E-state index contributed by atoms with van der Waals surface area (Å²) in [6, 6.07) is 1.36. The molecule has 2 heterocycles. The second-order valence-electron chi connectivity index (χ2n) is 4.80. The van der Waals surface area contributed by atoms with Crippen LogP contribution >= 0.6 is 0 Å². The van der Waals surface area contributed by atoms with Gasteiger partial charge in [0.15, 0.2) is 0 Å². The molecule has 0 radical (unpaired) electrons. The van der Waals surface area contributed by atoms with E-state index in [-0.39, 0.29) is 0 Å². The van der Waals surface area contributed by atoms with Crippen molar-refractivity contribution in [1.29, 1.82) is 0 Å². The maximum Gasteiger partial charge on any atom is 0.0948 e. The summed E-state index contributed by atoms with van der Waals surface area (Å²) in [6.45, 7) is 9.24. The second kappa shape index (κ2) is 4.35. The number of imidazole rings is 1. The third-order valence-corrected chi connectivity index (χ3v) is 3.55. The molecule has 15 heavy (non-hydrogen) atoms. The number of rotatable bonds is 3. The van der Waals surface area contributed by atoms with Crippen molar-refractivity contribution in [2.24, 2.45) is 5.92 Å². The van der Waals surface area contributed by atoms with Crippen molar-refractivity contribution in [3.63, 3.8) is 0 Å². The van der Waals surface area contributed by atoms with Crippen LogP contribution < -0.4 is 0 Å². The Kier molecular flexibility index (Phi) is 3.10. The van der Waals surface area contributed by atoms with E-state index >= 15 is 0 Å². The molecule has 2 atom stereocenters. The summed E-state index contributed by atoms with van der Waals surface area (Å²) < 4.78 is 2.26. The fourth-order valence-electron chi connectivity index (χ4n) is 2.67. The van der Waals surface area contributed by atoms with Crippen LogP contribution in [0.4, 0.5) is 0 Å². The van der Waals surface area contributed by atoms with Crippen molar-refractivity contribution >= 4 is 0 Å². The van der Waals surface area contributed by atoms with E-state index in [1.165, 1.54) is 13.0 Å². The highest BCUT2D eigenvalue weighted by Gasteiger charge is 2.33. The Morgan fingerprint density at radius 1 is 1.47 bits per heavy atom. The SMILES string of the molecule is CCN1C[C@@H](n2ccnc2)C[C@H]1C(C)C. The summed E-state index contributed by atoms with van der Waals surface area (Å²) >= 11 is 0. The van der Waals surface area contributed by atoms with Gasteiger partial charge >= 0.3 is 0 Å². The van der Waals surface area contributed by atoms with Gasteiger partial charge in [-0.2, -0.15) is 0 Å². The van der Waals surface area contributed by atoms with E-state index in [1.54, 1.807) is 0 Å². The molecule has 0 aliphatic carbocycles. The number of likely N-dealkylation sites (N-methyl/N-ethyl adjacent to an activating group) is 1. The normalized spacial score (nSPS) is 27.7. The van der Waals surface area contributed by atoms with Gasteiger partial charge in [-0.15, -0.1) is 0 Å². The third kappa shape index (κ3) is 2.07. The smallest absolute Gasteiger partial charge is 0.0948 e. The molecule has 1 saturated heterocycles. The lowest BCUT2D eigenvalue weighted by molar-refractivity contribution is 0.216. The molecule has 1 aliphatic rings. The molecule has 1 fully saturated rings. The first-order chi connectivity index (χ1) is 7.22. The minimum Gasteiger partial charge on any atom is -0.333 e. The fraction of sp³-hybridized carbons (Fsp3) is 0.750. The van der Waals surface area contributed by atoms with E-state index in [0.29, 0.717) is 6.04 Å². The van der Waals surface area contributed by atoms with Crippen molar-refractivity contribution in [3.05, 3.63) is 18.7 Å². The molecule has 0 spiro atoms. The number of hydrogen-bond acceptors (Lipinski definition) is 2. The zero-order valence-electron chi connectivity index (χ0n) is 9.93. The van der Waals surface area contributed by atoms with Crippen molar-refractivity contribution in [2.75, 3.05) is 13.1 Å². The predicted octanol–water partition coefficient (Wildman–Crippen LogP) is 2.17. The van der Waals surface area contributed by atoms with Crippen LogP contribution in [0.25, 0.3) is 0 Å². The lowest BCUT2D eigenvalue weighted by atomic mass is 10.0. The zero-order chi connectivity index (χ0) is 10.8. The number of likely N-dealkylation sites (tertiary alicyclic amines) is 1. The first-order valence-electron chi connectivity index (χ1n) is 5.93. The van der Waals surface area contributed by atoms with Gasteiger partial charge < -0.3 is 4.57 Å². The van der Waals surface area contributed by atoms with Gasteiger partial charge in [-0.3, -0.25) is 4.90 Å². The van der Waals surface area contributed by atoms with Gasteiger partial charge in [-0.05, 0) is 18.9 Å². The summed E-state index contributed by atoms with van der Waals surface area (Å²) in [6.07, 6.45) is 7.17. The Morgan fingerprint density at radius 2 is 2.27 bits per heavy atom. The van der Waals surface area contributed by atoms with Gasteiger partial charge in [0.1, 0.15) is 0 Å². The molecule has 2 rings (SSSR count). The fourth-order valence-corrected chi connectivity index (χ4v) is 2.67. The maximum absolute atomic E-state index is 4.13. The highest BCUT2D eigenvalue weighted by molar-refractivity contribution is 4.92. The topological polar surface area (TPSA) is 21.1 Å². The molecule has 1 aromatic rings. The van der Waals surface area contributed by atoms with Crippen LogP contribution in [-0.2, 0) is 0 Å². The Balaban J connectivity index is 2.08. The van der Waals surface area contributed by atoms with Crippen molar-refractivity contribution < 1.29 is 0 Å². The standard InChI is InChI=1S/C12H21N3/c1-4-14-8-11(7-12(14)10(2)3)15-6-5-13-9-15/h5-6,9-12H,4,7-8H2,1-3H3/t11-,12-/m0/s1. The molecule has 0 aromatic carbocycles. The van der Waals surface area contributed by atoms with E-state index in [9.17, 15) is 0 Å². The largest absolute Gasteiger partial charge is 0.333 e. The molecular weight excluding hydrogens is 186 g/mol. The lowest BCUT2D eigenvalue weighted by Gasteiger charge is -2.25. The van der Waals surface area contributed by atoms with E-state index < -0.39 is 0 Å². The average molecular weight is 207 g/mol. The highest BCUT2D eigenvalue weighted by Crippen LogP contribution is 2.30.